The Morgan fingerprint density at radius 1 is 1.23 bits per heavy atom. The summed E-state index contributed by atoms with van der Waals surface area (Å²) in [5.74, 6) is -0.304. The monoisotopic (exact) mass is 370 g/mol. The quantitative estimate of drug-likeness (QED) is 0.653. The summed E-state index contributed by atoms with van der Waals surface area (Å²) in [6, 6.07) is 9.79. The molecule has 2 aromatic heterocycles. The van der Waals surface area contributed by atoms with Crippen LogP contribution in [0.3, 0.4) is 0 Å². The molecule has 1 fully saturated rings. The SMILES string of the molecule is O=C(NCc1nnc(-c2ccccc2)s1)c1cn(CC2(CO)CC2)nn1. The molecular formula is C17H18N6O2S. The first kappa shape index (κ1) is 16.8. The number of carbonyl (C=O) groups is 1. The maximum atomic E-state index is 12.2. The van der Waals surface area contributed by atoms with Gasteiger partial charge in [0.05, 0.1) is 25.9 Å². The number of hydrogen-bond acceptors (Lipinski definition) is 7. The van der Waals surface area contributed by atoms with Crippen LogP contribution in [-0.2, 0) is 13.1 Å². The highest BCUT2D eigenvalue weighted by atomic mass is 32.1. The van der Waals surface area contributed by atoms with Crippen LogP contribution in [0.2, 0.25) is 0 Å². The molecule has 3 aromatic rings. The van der Waals surface area contributed by atoms with E-state index >= 15 is 0 Å². The standard InChI is InChI=1S/C17H18N6O2S/c24-11-17(6-7-17)10-23-9-13(19-22-23)15(25)18-8-14-20-21-16(26-14)12-4-2-1-3-5-12/h1-5,9,24H,6-8,10-11H2,(H,18,25). The number of benzene rings is 1. The van der Waals surface area contributed by atoms with E-state index in [1.54, 1.807) is 10.9 Å². The van der Waals surface area contributed by atoms with Crippen molar-refractivity contribution in [2.75, 3.05) is 6.61 Å². The summed E-state index contributed by atoms with van der Waals surface area (Å²) >= 11 is 1.44. The molecule has 0 saturated heterocycles. The summed E-state index contributed by atoms with van der Waals surface area (Å²) in [7, 11) is 0. The Morgan fingerprint density at radius 2 is 2.04 bits per heavy atom. The average molecular weight is 370 g/mol. The molecule has 8 nitrogen and oxygen atoms in total. The number of hydrogen-bond donors (Lipinski definition) is 2. The topological polar surface area (TPSA) is 106 Å². The minimum Gasteiger partial charge on any atom is -0.396 e. The Kier molecular flexibility index (Phi) is 4.48. The van der Waals surface area contributed by atoms with Crippen molar-refractivity contribution in [2.45, 2.75) is 25.9 Å². The number of amides is 1. The third-order valence-electron chi connectivity index (χ3n) is 4.45. The van der Waals surface area contributed by atoms with E-state index in [0.29, 0.717) is 6.54 Å². The van der Waals surface area contributed by atoms with Gasteiger partial charge in [-0.25, -0.2) is 0 Å². The van der Waals surface area contributed by atoms with Crippen LogP contribution in [0.1, 0.15) is 28.3 Å². The zero-order chi connectivity index (χ0) is 18.0. The van der Waals surface area contributed by atoms with Crippen molar-refractivity contribution >= 4 is 17.2 Å². The molecule has 2 N–H and O–H groups in total. The van der Waals surface area contributed by atoms with Crippen LogP contribution in [0.15, 0.2) is 36.5 Å². The van der Waals surface area contributed by atoms with Crippen LogP contribution < -0.4 is 5.32 Å². The molecule has 1 amide bonds. The van der Waals surface area contributed by atoms with E-state index < -0.39 is 0 Å². The summed E-state index contributed by atoms with van der Waals surface area (Å²) in [6.45, 7) is 1.01. The van der Waals surface area contributed by atoms with Crippen molar-refractivity contribution in [1.82, 2.24) is 30.5 Å². The summed E-state index contributed by atoms with van der Waals surface area (Å²) in [6.07, 6.45) is 3.57. The molecule has 26 heavy (non-hydrogen) atoms. The fourth-order valence-corrected chi connectivity index (χ4v) is 3.42. The molecule has 0 bridgehead atoms. The first-order chi connectivity index (χ1) is 12.7. The summed E-state index contributed by atoms with van der Waals surface area (Å²) in [4.78, 5) is 12.2. The number of aliphatic hydroxyl groups excluding tert-OH is 1. The lowest BCUT2D eigenvalue weighted by Gasteiger charge is -2.09. The highest BCUT2D eigenvalue weighted by Gasteiger charge is 2.42. The average Bonchev–Trinajstić information content (AvgIpc) is 3.08. The minimum atomic E-state index is -0.304. The van der Waals surface area contributed by atoms with Crippen molar-refractivity contribution in [3.8, 4) is 10.6 Å². The number of rotatable bonds is 7. The third-order valence-corrected chi connectivity index (χ3v) is 5.42. The Bertz CT molecular complexity index is 903. The third kappa shape index (κ3) is 3.63. The van der Waals surface area contributed by atoms with Gasteiger partial charge in [0.1, 0.15) is 10.0 Å². The van der Waals surface area contributed by atoms with Crippen LogP contribution in [0, 0.1) is 5.41 Å². The van der Waals surface area contributed by atoms with Gasteiger partial charge >= 0.3 is 0 Å². The molecule has 0 radical (unpaired) electrons. The molecule has 1 aliphatic rings. The van der Waals surface area contributed by atoms with Gasteiger partial charge in [-0.15, -0.1) is 15.3 Å². The minimum absolute atomic E-state index is 0.0815. The number of nitrogens with zero attached hydrogens (tertiary/aromatic N) is 5. The second kappa shape index (κ2) is 6.93. The van der Waals surface area contributed by atoms with E-state index in [4.69, 9.17) is 0 Å². The molecule has 134 valence electrons. The highest BCUT2D eigenvalue weighted by molar-refractivity contribution is 7.14. The predicted octanol–water partition coefficient (Wildman–Crippen LogP) is 1.50. The van der Waals surface area contributed by atoms with Gasteiger partial charge in [0.25, 0.3) is 5.91 Å². The Morgan fingerprint density at radius 3 is 2.77 bits per heavy atom. The van der Waals surface area contributed by atoms with E-state index in [1.165, 1.54) is 11.3 Å². The van der Waals surface area contributed by atoms with E-state index in [0.717, 1.165) is 28.4 Å². The van der Waals surface area contributed by atoms with Crippen LogP contribution >= 0.6 is 11.3 Å². The van der Waals surface area contributed by atoms with Gasteiger partial charge in [-0.2, -0.15) is 0 Å². The molecule has 2 heterocycles. The second-order valence-electron chi connectivity index (χ2n) is 6.51. The van der Waals surface area contributed by atoms with Gasteiger partial charge in [0.2, 0.25) is 0 Å². The predicted molar refractivity (Wildman–Crippen MR) is 95.3 cm³/mol. The summed E-state index contributed by atoms with van der Waals surface area (Å²) in [5.41, 5.74) is 1.18. The first-order valence-corrected chi connectivity index (χ1v) is 9.16. The van der Waals surface area contributed by atoms with E-state index in [9.17, 15) is 9.90 Å². The van der Waals surface area contributed by atoms with Gasteiger partial charge in [0.15, 0.2) is 5.69 Å². The molecule has 9 heteroatoms. The fraction of sp³-hybridized carbons (Fsp3) is 0.353. The van der Waals surface area contributed by atoms with E-state index in [-0.39, 0.29) is 30.2 Å². The van der Waals surface area contributed by atoms with Crippen LogP contribution in [0.25, 0.3) is 10.6 Å². The molecule has 4 rings (SSSR count). The van der Waals surface area contributed by atoms with Crippen molar-refractivity contribution in [3.05, 3.63) is 47.2 Å². The lowest BCUT2D eigenvalue weighted by molar-refractivity contribution is 0.0945. The van der Waals surface area contributed by atoms with Crippen molar-refractivity contribution < 1.29 is 9.90 Å². The van der Waals surface area contributed by atoms with E-state index in [1.807, 2.05) is 30.3 Å². The Hall–Kier alpha value is -2.65. The normalized spacial score (nSPS) is 15.0. The number of aromatic nitrogens is 5. The van der Waals surface area contributed by atoms with Gasteiger partial charge < -0.3 is 10.4 Å². The maximum absolute atomic E-state index is 12.2. The largest absolute Gasteiger partial charge is 0.396 e. The van der Waals surface area contributed by atoms with Gasteiger partial charge in [-0.3, -0.25) is 9.48 Å². The highest BCUT2D eigenvalue weighted by Crippen LogP contribution is 2.46. The molecule has 1 saturated carbocycles. The van der Waals surface area contributed by atoms with Gasteiger partial charge in [-0.05, 0) is 12.8 Å². The summed E-state index contributed by atoms with van der Waals surface area (Å²) in [5, 5.41) is 29.9. The smallest absolute Gasteiger partial charge is 0.273 e. The molecule has 1 aliphatic carbocycles. The van der Waals surface area contributed by atoms with Crippen molar-refractivity contribution in [3.63, 3.8) is 0 Å². The molecular weight excluding hydrogens is 352 g/mol. The zero-order valence-corrected chi connectivity index (χ0v) is 14.8. The van der Waals surface area contributed by atoms with Crippen LogP contribution in [0.4, 0.5) is 0 Å². The lowest BCUT2D eigenvalue weighted by Crippen LogP contribution is -2.23. The molecule has 0 unspecified atom stereocenters. The van der Waals surface area contributed by atoms with Crippen LogP contribution in [-0.4, -0.2) is 42.8 Å². The maximum Gasteiger partial charge on any atom is 0.273 e. The van der Waals surface area contributed by atoms with Gasteiger partial charge in [0, 0.05) is 11.0 Å². The molecule has 1 aromatic carbocycles. The van der Waals surface area contributed by atoms with E-state index in [2.05, 4.69) is 25.8 Å². The fourth-order valence-electron chi connectivity index (χ4n) is 2.64. The molecule has 0 aliphatic heterocycles. The molecule has 0 spiro atoms. The number of nitrogens with one attached hydrogen (secondary N) is 1. The Labute approximate surface area is 153 Å². The second-order valence-corrected chi connectivity index (χ2v) is 7.57. The zero-order valence-electron chi connectivity index (χ0n) is 14.0. The van der Waals surface area contributed by atoms with Gasteiger partial charge in [-0.1, -0.05) is 46.9 Å². The van der Waals surface area contributed by atoms with Crippen LogP contribution in [0.5, 0.6) is 0 Å². The Balaban J connectivity index is 1.34. The van der Waals surface area contributed by atoms with Crippen molar-refractivity contribution in [1.29, 1.82) is 0 Å². The first-order valence-electron chi connectivity index (χ1n) is 8.34. The van der Waals surface area contributed by atoms with Crippen molar-refractivity contribution in [2.24, 2.45) is 5.41 Å². The number of aliphatic hydroxyl groups is 1. The lowest BCUT2D eigenvalue weighted by atomic mass is 10.1. The number of carbonyl (C=O) groups excluding carboxylic acids is 1. The molecule has 0 atom stereocenters. The summed E-state index contributed by atoms with van der Waals surface area (Å²) < 4.78 is 1.62.